The van der Waals surface area contributed by atoms with Gasteiger partial charge in [-0.1, -0.05) is 6.07 Å². The van der Waals surface area contributed by atoms with Gasteiger partial charge in [-0.3, -0.25) is 0 Å². The van der Waals surface area contributed by atoms with Crippen molar-refractivity contribution < 1.29 is 17.6 Å². The second-order valence-corrected chi connectivity index (χ2v) is 4.02. The quantitative estimate of drug-likeness (QED) is 0.687. The van der Waals surface area contributed by atoms with E-state index in [1.165, 1.54) is 12.1 Å². The summed E-state index contributed by atoms with van der Waals surface area (Å²) in [7, 11) is 0. The van der Waals surface area contributed by atoms with E-state index in [0.717, 1.165) is 6.07 Å². The van der Waals surface area contributed by atoms with Crippen LogP contribution in [0.2, 0.25) is 0 Å². The molecule has 102 valence electrons. The van der Waals surface area contributed by atoms with E-state index in [4.69, 9.17) is 5.26 Å². The van der Waals surface area contributed by atoms with Gasteiger partial charge in [0.25, 0.3) is 0 Å². The summed E-state index contributed by atoms with van der Waals surface area (Å²) in [6, 6.07) is 6.65. The van der Waals surface area contributed by atoms with E-state index in [9.17, 15) is 17.6 Å². The van der Waals surface area contributed by atoms with Crippen molar-refractivity contribution in [2.24, 2.45) is 0 Å². The zero-order chi connectivity index (χ0) is 14.7. The minimum Gasteiger partial charge on any atom is -0.378 e. The first-order valence-electron chi connectivity index (χ1n) is 5.58. The Morgan fingerprint density at radius 2 is 1.60 bits per heavy atom. The van der Waals surface area contributed by atoms with E-state index >= 15 is 0 Å². The molecule has 2 rings (SSSR count). The molecule has 0 atom stereocenters. The molecule has 0 aliphatic heterocycles. The molecular weight excluding hydrogens is 272 g/mol. The summed E-state index contributed by atoms with van der Waals surface area (Å²) >= 11 is 0. The van der Waals surface area contributed by atoms with E-state index in [0.29, 0.717) is 12.1 Å². The maximum atomic E-state index is 13.6. The minimum atomic E-state index is -1.29. The topological polar surface area (TPSA) is 35.8 Å². The van der Waals surface area contributed by atoms with Crippen LogP contribution in [0, 0.1) is 34.6 Å². The fourth-order valence-corrected chi connectivity index (χ4v) is 1.61. The third-order valence-electron chi connectivity index (χ3n) is 2.66. The number of halogens is 4. The van der Waals surface area contributed by atoms with Crippen LogP contribution in [-0.4, -0.2) is 0 Å². The molecule has 0 saturated carbocycles. The zero-order valence-electron chi connectivity index (χ0n) is 10.1. The molecular formula is C14H8F4N2. The van der Waals surface area contributed by atoms with Gasteiger partial charge in [-0.25, -0.2) is 17.6 Å². The van der Waals surface area contributed by atoms with Gasteiger partial charge in [-0.2, -0.15) is 5.26 Å². The highest BCUT2D eigenvalue weighted by atomic mass is 19.2. The second kappa shape index (κ2) is 5.61. The molecule has 0 fully saturated rings. The predicted octanol–water partition coefficient (Wildman–Crippen LogP) is 3.73. The van der Waals surface area contributed by atoms with Gasteiger partial charge in [0, 0.05) is 24.2 Å². The molecule has 20 heavy (non-hydrogen) atoms. The molecule has 0 aliphatic rings. The van der Waals surface area contributed by atoms with Crippen molar-refractivity contribution in [3.05, 3.63) is 64.7 Å². The first-order chi connectivity index (χ1) is 9.51. The van der Waals surface area contributed by atoms with Crippen LogP contribution < -0.4 is 5.32 Å². The Kier molecular flexibility index (Phi) is 3.89. The summed E-state index contributed by atoms with van der Waals surface area (Å²) in [4.78, 5) is 0. The van der Waals surface area contributed by atoms with Crippen LogP contribution in [0.1, 0.15) is 11.1 Å². The number of rotatable bonds is 3. The van der Waals surface area contributed by atoms with Gasteiger partial charge < -0.3 is 5.32 Å². The third-order valence-corrected chi connectivity index (χ3v) is 2.66. The summed E-state index contributed by atoms with van der Waals surface area (Å²) in [6.45, 7) is -0.125. The fraction of sp³-hybridized carbons (Fsp3) is 0.0714. The number of hydrogen-bond donors (Lipinski definition) is 1. The smallest absolute Gasteiger partial charge is 0.161 e. The normalized spacial score (nSPS) is 10.2. The van der Waals surface area contributed by atoms with E-state index in [1.807, 2.05) is 0 Å². The number of nitrogens with zero attached hydrogens (tertiary/aromatic N) is 1. The summed E-state index contributed by atoms with van der Waals surface area (Å²) in [5.41, 5.74) is 0.0612. The van der Waals surface area contributed by atoms with Crippen LogP contribution >= 0.6 is 0 Å². The highest BCUT2D eigenvalue weighted by Crippen LogP contribution is 2.20. The Morgan fingerprint density at radius 3 is 2.25 bits per heavy atom. The minimum absolute atomic E-state index is 0.125. The van der Waals surface area contributed by atoms with Gasteiger partial charge in [0.15, 0.2) is 11.6 Å². The molecule has 0 unspecified atom stereocenters. The molecule has 0 bridgehead atoms. The van der Waals surface area contributed by atoms with Gasteiger partial charge in [0.1, 0.15) is 11.6 Å². The van der Waals surface area contributed by atoms with Crippen LogP contribution in [0.15, 0.2) is 30.3 Å². The third kappa shape index (κ3) is 2.88. The number of hydrogen-bond acceptors (Lipinski definition) is 2. The average Bonchev–Trinajstić information content (AvgIpc) is 2.42. The van der Waals surface area contributed by atoms with Crippen molar-refractivity contribution in [1.29, 1.82) is 5.26 Å². The lowest BCUT2D eigenvalue weighted by molar-refractivity contribution is 0.496. The van der Waals surface area contributed by atoms with E-state index < -0.39 is 23.3 Å². The molecule has 0 radical (unpaired) electrons. The highest BCUT2D eigenvalue weighted by Gasteiger charge is 2.10. The van der Waals surface area contributed by atoms with Crippen LogP contribution in [0.25, 0.3) is 0 Å². The van der Waals surface area contributed by atoms with Crippen molar-refractivity contribution >= 4 is 5.69 Å². The largest absolute Gasteiger partial charge is 0.378 e. The van der Waals surface area contributed by atoms with E-state index in [-0.39, 0.29) is 23.4 Å². The number of benzene rings is 2. The Balaban J connectivity index is 2.17. The molecule has 2 aromatic rings. The summed E-state index contributed by atoms with van der Waals surface area (Å²) in [5.74, 6) is -4.11. The van der Waals surface area contributed by atoms with Crippen LogP contribution in [-0.2, 0) is 6.54 Å². The maximum Gasteiger partial charge on any atom is 0.161 e. The Labute approximate surface area is 112 Å². The molecule has 0 amide bonds. The number of nitriles is 1. The first-order valence-corrected chi connectivity index (χ1v) is 5.58. The average molecular weight is 280 g/mol. The zero-order valence-corrected chi connectivity index (χ0v) is 10.1. The lowest BCUT2D eigenvalue weighted by atomic mass is 10.1. The molecule has 0 heterocycles. The Bertz CT molecular complexity index is 692. The van der Waals surface area contributed by atoms with Crippen molar-refractivity contribution in [3.63, 3.8) is 0 Å². The van der Waals surface area contributed by atoms with Gasteiger partial charge in [-0.05, 0) is 12.1 Å². The van der Waals surface area contributed by atoms with Crippen LogP contribution in [0.3, 0.4) is 0 Å². The fourth-order valence-electron chi connectivity index (χ4n) is 1.61. The van der Waals surface area contributed by atoms with E-state index in [2.05, 4.69) is 5.32 Å². The van der Waals surface area contributed by atoms with Crippen LogP contribution in [0.4, 0.5) is 23.2 Å². The standard InChI is InChI=1S/C14H8F4N2/c15-10-3-8(6-19)1-2-9(10)7-20-14-5-12(17)11(16)4-13(14)18/h1-5,20H,7H2. The predicted molar refractivity (Wildman–Crippen MR) is 64.8 cm³/mol. The summed E-state index contributed by atoms with van der Waals surface area (Å²) in [5, 5.41) is 11.1. The summed E-state index contributed by atoms with van der Waals surface area (Å²) in [6.07, 6.45) is 0. The molecule has 0 aliphatic carbocycles. The molecule has 0 saturated heterocycles. The molecule has 0 aromatic heterocycles. The highest BCUT2D eigenvalue weighted by molar-refractivity contribution is 5.46. The van der Waals surface area contributed by atoms with E-state index in [1.54, 1.807) is 6.07 Å². The van der Waals surface area contributed by atoms with Gasteiger partial charge in [0.2, 0.25) is 0 Å². The number of anilines is 1. The number of nitrogens with one attached hydrogen (secondary N) is 1. The SMILES string of the molecule is N#Cc1ccc(CNc2cc(F)c(F)cc2F)c(F)c1. The second-order valence-electron chi connectivity index (χ2n) is 4.02. The monoisotopic (exact) mass is 280 g/mol. The molecule has 6 heteroatoms. The van der Waals surface area contributed by atoms with Crippen molar-refractivity contribution in [1.82, 2.24) is 0 Å². The summed E-state index contributed by atoms with van der Waals surface area (Å²) < 4.78 is 52.6. The van der Waals surface area contributed by atoms with Crippen molar-refractivity contribution in [2.75, 3.05) is 5.32 Å². The first kappa shape index (κ1) is 13.9. The van der Waals surface area contributed by atoms with Gasteiger partial charge in [-0.15, -0.1) is 0 Å². The Morgan fingerprint density at radius 1 is 0.900 bits per heavy atom. The van der Waals surface area contributed by atoms with Crippen molar-refractivity contribution in [3.8, 4) is 6.07 Å². The lowest BCUT2D eigenvalue weighted by Crippen LogP contribution is -2.05. The Hall–Kier alpha value is -2.55. The molecule has 0 spiro atoms. The molecule has 2 nitrogen and oxygen atoms in total. The molecule has 2 aromatic carbocycles. The molecule has 1 N–H and O–H groups in total. The lowest BCUT2D eigenvalue weighted by Gasteiger charge is -2.09. The van der Waals surface area contributed by atoms with Crippen LogP contribution in [0.5, 0.6) is 0 Å². The van der Waals surface area contributed by atoms with Gasteiger partial charge in [0.05, 0.1) is 17.3 Å². The van der Waals surface area contributed by atoms with Gasteiger partial charge >= 0.3 is 0 Å². The maximum absolute atomic E-state index is 13.6. The van der Waals surface area contributed by atoms with Crippen molar-refractivity contribution in [2.45, 2.75) is 6.54 Å².